The van der Waals surface area contributed by atoms with Gasteiger partial charge in [-0.1, -0.05) is 18.2 Å². The van der Waals surface area contributed by atoms with Crippen LogP contribution < -0.4 is 4.90 Å². The van der Waals surface area contributed by atoms with Crippen molar-refractivity contribution in [1.82, 2.24) is 4.98 Å². The van der Waals surface area contributed by atoms with Gasteiger partial charge in [-0.25, -0.2) is 4.98 Å². The third-order valence-corrected chi connectivity index (χ3v) is 5.00. The summed E-state index contributed by atoms with van der Waals surface area (Å²) < 4.78 is 0. The highest BCUT2D eigenvalue weighted by molar-refractivity contribution is 7.09. The van der Waals surface area contributed by atoms with E-state index in [9.17, 15) is 4.79 Å². The van der Waals surface area contributed by atoms with E-state index in [0.29, 0.717) is 12.3 Å². The zero-order valence-electron chi connectivity index (χ0n) is 11.9. The third kappa shape index (κ3) is 2.97. The van der Waals surface area contributed by atoms with Gasteiger partial charge in [-0.15, -0.1) is 22.9 Å². The summed E-state index contributed by atoms with van der Waals surface area (Å²) in [7, 11) is 0. The van der Waals surface area contributed by atoms with E-state index in [1.54, 1.807) is 0 Å². The lowest BCUT2D eigenvalue weighted by molar-refractivity contribution is -0.118. The van der Waals surface area contributed by atoms with Crippen LogP contribution in [-0.4, -0.2) is 16.9 Å². The summed E-state index contributed by atoms with van der Waals surface area (Å²) >= 11 is 7.27. The summed E-state index contributed by atoms with van der Waals surface area (Å²) in [5.74, 6) is 0.512. The van der Waals surface area contributed by atoms with Crippen LogP contribution in [0.4, 0.5) is 5.69 Å². The first-order chi connectivity index (χ1) is 10.2. The van der Waals surface area contributed by atoms with Crippen molar-refractivity contribution in [3.63, 3.8) is 0 Å². The predicted octanol–water partition coefficient (Wildman–Crippen LogP) is 3.79. The summed E-state index contributed by atoms with van der Waals surface area (Å²) in [5.41, 5.74) is 3.15. The number of benzene rings is 1. The second-order valence-corrected chi connectivity index (χ2v) is 6.53. The first-order valence-electron chi connectivity index (χ1n) is 7.08. The normalized spacial score (nSPS) is 17.6. The molecule has 1 aliphatic heterocycles. The number of aryl methyl sites for hydroxylation is 1. The Balaban J connectivity index is 1.83. The number of hydrogen-bond acceptors (Lipinski definition) is 3. The fraction of sp³-hybridized carbons (Fsp3) is 0.375. The number of thiazole rings is 1. The average Bonchev–Trinajstić information content (AvgIpc) is 2.94. The fourth-order valence-electron chi connectivity index (χ4n) is 2.77. The quantitative estimate of drug-likeness (QED) is 0.806. The van der Waals surface area contributed by atoms with Crippen molar-refractivity contribution in [3.05, 3.63) is 45.9 Å². The largest absolute Gasteiger partial charge is 0.309 e. The zero-order valence-corrected chi connectivity index (χ0v) is 13.5. The Morgan fingerprint density at radius 1 is 1.48 bits per heavy atom. The number of halogens is 1. The number of carbonyl (C=O) groups excluding carboxylic acids is 1. The van der Waals surface area contributed by atoms with E-state index in [1.165, 1.54) is 16.9 Å². The molecular formula is C16H17ClN2OS. The molecule has 0 spiro atoms. The molecule has 3 nitrogen and oxygen atoms in total. The number of carbonyl (C=O) groups is 1. The number of anilines is 1. The monoisotopic (exact) mass is 320 g/mol. The SMILES string of the molecule is CC1CCc2ccccc2N1C(=O)Cc1nc(CCl)cs1. The van der Waals surface area contributed by atoms with Crippen molar-refractivity contribution in [3.8, 4) is 0 Å². The summed E-state index contributed by atoms with van der Waals surface area (Å²) in [6, 6.07) is 8.41. The summed E-state index contributed by atoms with van der Waals surface area (Å²) in [5, 5.41) is 2.76. The Labute approximate surface area is 133 Å². The molecule has 2 heterocycles. The Morgan fingerprint density at radius 3 is 3.05 bits per heavy atom. The smallest absolute Gasteiger partial charge is 0.234 e. The summed E-state index contributed by atoms with van der Waals surface area (Å²) in [6.07, 6.45) is 2.39. The van der Waals surface area contributed by atoms with Gasteiger partial charge in [0.15, 0.2) is 0 Å². The Morgan fingerprint density at radius 2 is 2.29 bits per heavy atom. The van der Waals surface area contributed by atoms with Crippen molar-refractivity contribution < 1.29 is 4.79 Å². The molecule has 1 unspecified atom stereocenters. The van der Waals surface area contributed by atoms with Gasteiger partial charge >= 0.3 is 0 Å². The minimum atomic E-state index is 0.116. The van der Waals surface area contributed by atoms with Crippen LogP contribution in [-0.2, 0) is 23.5 Å². The van der Waals surface area contributed by atoms with E-state index >= 15 is 0 Å². The van der Waals surface area contributed by atoms with Crippen molar-refractivity contribution >= 4 is 34.5 Å². The minimum Gasteiger partial charge on any atom is -0.309 e. The maximum Gasteiger partial charge on any atom is 0.234 e. The molecule has 0 bridgehead atoms. The van der Waals surface area contributed by atoms with Crippen LogP contribution >= 0.6 is 22.9 Å². The number of para-hydroxylation sites is 1. The highest BCUT2D eigenvalue weighted by atomic mass is 35.5. The second-order valence-electron chi connectivity index (χ2n) is 5.32. The van der Waals surface area contributed by atoms with Gasteiger partial charge in [-0.3, -0.25) is 4.79 Å². The molecular weight excluding hydrogens is 304 g/mol. The number of alkyl halides is 1. The lowest BCUT2D eigenvalue weighted by Crippen LogP contribution is -2.42. The van der Waals surface area contributed by atoms with Crippen molar-refractivity contribution in [1.29, 1.82) is 0 Å². The molecule has 5 heteroatoms. The molecule has 0 N–H and O–H groups in total. The first kappa shape index (κ1) is 14.5. The van der Waals surface area contributed by atoms with Gasteiger partial charge in [0, 0.05) is 17.1 Å². The van der Waals surface area contributed by atoms with Crippen molar-refractivity contribution in [2.75, 3.05) is 4.90 Å². The third-order valence-electron chi connectivity index (χ3n) is 3.83. The van der Waals surface area contributed by atoms with Crippen molar-refractivity contribution in [2.24, 2.45) is 0 Å². The molecule has 0 fully saturated rings. The van der Waals surface area contributed by atoms with Gasteiger partial charge in [0.1, 0.15) is 5.01 Å². The van der Waals surface area contributed by atoms with E-state index in [4.69, 9.17) is 11.6 Å². The number of aromatic nitrogens is 1. The number of amides is 1. The van der Waals surface area contributed by atoms with Gasteiger partial charge in [-0.2, -0.15) is 0 Å². The van der Waals surface area contributed by atoms with Crippen LogP contribution in [0.3, 0.4) is 0 Å². The number of rotatable bonds is 3. The van der Waals surface area contributed by atoms with E-state index in [1.807, 2.05) is 28.5 Å². The van der Waals surface area contributed by atoms with E-state index < -0.39 is 0 Å². The lowest BCUT2D eigenvalue weighted by atomic mass is 9.96. The fourth-order valence-corrected chi connectivity index (χ4v) is 3.79. The zero-order chi connectivity index (χ0) is 14.8. The molecule has 0 aliphatic carbocycles. The van der Waals surface area contributed by atoms with Crippen molar-refractivity contribution in [2.45, 2.75) is 38.1 Å². The molecule has 1 aromatic heterocycles. The second kappa shape index (κ2) is 6.16. The number of hydrogen-bond donors (Lipinski definition) is 0. The van der Waals surface area contributed by atoms with Gasteiger partial charge < -0.3 is 4.90 Å². The molecule has 0 saturated heterocycles. The lowest BCUT2D eigenvalue weighted by Gasteiger charge is -2.35. The first-order valence-corrected chi connectivity index (χ1v) is 8.49. The minimum absolute atomic E-state index is 0.116. The van der Waals surface area contributed by atoms with Crippen LogP contribution in [0, 0.1) is 0 Å². The Bertz CT molecular complexity index is 655. The maximum absolute atomic E-state index is 12.7. The van der Waals surface area contributed by atoms with E-state index in [-0.39, 0.29) is 11.9 Å². The molecule has 21 heavy (non-hydrogen) atoms. The van der Waals surface area contributed by atoms with Crippen LogP contribution in [0.5, 0.6) is 0 Å². The number of fused-ring (bicyclic) bond motifs is 1. The Hall–Kier alpha value is -1.39. The van der Waals surface area contributed by atoms with Gasteiger partial charge in [-0.05, 0) is 31.4 Å². The van der Waals surface area contributed by atoms with E-state index in [2.05, 4.69) is 18.0 Å². The average molecular weight is 321 g/mol. The van der Waals surface area contributed by atoms with E-state index in [0.717, 1.165) is 29.2 Å². The van der Waals surface area contributed by atoms with Gasteiger partial charge in [0.25, 0.3) is 0 Å². The predicted molar refractivity (Wildman–Crippen MR) is 87.1 cm³/mol. The summed E-state index contributed by atoms with van der Waals surface area (Å²) in [4.78, 5) is 19.0. The van der Waals surface area contributed by atoms with Gasteiger partial charge in [0.2, 0.25) is 5.91 Å². The molecule has 1 aliphatic rings. The molecule has 1 amide bonds. The van der Waals surface area contributed by atoms with Crippen LogP contribution in [0.1, 0.15) is 29.6 Å². The molecule has 110 valence electrons. The molecule has 0 radical (unpaired) electrons. The molecule has 0 saturated carbocycles. The molecule has 2 aromatic rings. The maximum atomic E-state index is 12.7. The number of nitrogens with zero attached hydrogens (tertiary/aromatic N) is 2. The van der Waals surface area contributed by atoms with Crippen LogP contribution in [0.15, 0.2) is 29.6 Å². The highest BCUT2D eigenvalue weighted by Gasteiger charge is 2.28. The van der Waals surface area contributed by atoms with Crippen LogP contribution in [0.2, 0.25) is 0 Å². The topological polar surface area (TPSA) is 33.2 Å². The molecule has 3 rings (SSSR count). The standard InChI is InChI=1S/C16H17ClN2OS/c1-11-6-7-12-4-2-3-5-14(12)19(11)16(20)8-15-18-13(9-17)10-21-15/h2-5,10-11H,6-9H2,1H3. The molecule has 1 aromatic carbocycles. The van der Waals surface area contributed by atoms with Crippen LogP contribution in [0.25, 0.3) is 0 Å². The molecule has 1 atom stereocenters. The van der Waals surface area contributed by atoms with Gasteiger partial charge in [0.05, 0.1) is 18.0 Å². The Kier molecular flexibility index (Phi) is 4.27. The summed E-state index contributed by atoms with van der Waals surface area (Å²) in [6.45, 7) is 2.11. The highest BCUT2D eigenvalue weighted by Crippen LogP contribution is 2.31.